The first kappa shape index (κ1) is 25.0. The van der Waals surface area contributed by atoms with Gasteiger partial charge in [-0.3, -0.25) is 0 Å². The standard InChI is InChI=1S/C16H12Cl4N3.F6P/c17-13-3-1-11(15(19)5-13)7-22-9-21-23(10-22)8-12-2-4-14(18)6-16(12)20;1-7(2,3,4,5)6/h1-6,9-10H,7-8H2;/q+1;-1. The molecule has 1 heterocycles. The molecule has 0 spiro atoms. The fourth-order valence-electron chi connectivity index (χ4n) is 2.20. The van der Waals surface area contributed by atoms with Crippen molar-refractivity contribution in [3.63, 3.8) is 0 Å². The summed E-state index contributed by atoms with van der Waals surface area (Å²) in [6.45, 7) is 1.18. The number of benzene rings is 2. The van der Waals surface area contributed by atoms with Crippen LogP contribution in [0.4, 0.5) is 25.2 Å². The van der Waals surface area contributed by atoms with Crippen LogP contribution < -0.4 is 4.57 Å². The van der Waals surface area contributed by atoms with Gasteiger partial charge in [0.05, 0.1) is 6.54 Å². The molecule has 0 fully saturated rings. The quantitative estimate of drug-likeness (QED) is 0.188. The minimum atomic E-state index is -10.7. The van der Waals surface area contributed by atoms with Gasteiger partial charge in [-0.05, 0) is 24.3 Å². The van der Waals surface area contributed by atoms with Crippen LogP contribution in [0.25, 0.3) is 0 Å². The molecule has 1 aromatic heterocycles. The Labute approximate surface area is 187 Å². The maximum absolute atomic E-state index is 10.7. The topological polar surface area (TPSA) is 21.7 Å². The van der Waals surface area contributed by atoms with E-state index < -0.39 is 7.81 Å². The van der Waals surface area contributed by atoms with Crippen molar-refractivity contribution in [3.8, 4) is 0 Å². The number of nitrogens with zero attached hydrogens (tertiary/aromatic N) is 3. The maximum atomic E-state index is 9.87. The second-order valence-corrected chi connectivity index (χ2v) is 9.65. The molecule has 2 aromatic carbocycles. The van der Waals surface area contributed by atoms with Gasteiger partial charge in [-0.1, -0.05) is 58.5 Å². The summed E-state index contributed by atoms with van der Waals surface area (Å²) in [5.41, 5.74) is 1.93. The van der Waals surface area contributed by atoms with Crippen LogP contribution in [0.5, 0.6) is 0 Å². The van der Waals surface area contributed by atoms with Crippen molar-refractivity contribution in [2.75, 3.05) is 0 Å². The fourth-order valence-corrected chi connectivity index (χ4v) is 3.13. The fraction of sp³-hybridized carbons (Fsp3) is 0.125. The summed E-state index contributed by atoms with van der Waals surface area (Å²) in [4.78, 5) is 0. The average Bonchev–Trinajstić information content (AvgIpc) is 2.97. The molecular formula is C16H12Cl4F6N3P. The van der Waals surface area contributed by atoms with Crippen molar-refractivity contribution in [1.82, 2.24) is 9.78 Å². The Morgan fingerprint density at radius 1 is 0.800 bits per heavy atom. The van der Waals surface area contributed by atoms with Crippen LogP contribution in [-0.4, -0.2) is 9.78 Å². The first-order valence-corrected chi connectivity index (χ1v) is 11.4. The minimum absolute atomic E-state index is 0.567. The molecule has 3 rings (SSSR count). The molecule has 0 radical (unpaired) electrons. The zero-order chi connectivity index (χ0) is 22.8. The molecule has 0 aliphatic heterocycles. The number of hydrogen-bond acceptors (Lipinski definition) is 1. The molecule has 0 aliphatic carbocycles. The SMILES string of the molecule is Clc1ccc(Cn2c[n+](Cc3ccc(Cl)cc3Cl)cn2)c(Cl)c1.F[P-](F)(F)(F)(F)F. The molecule has 0 saturated heterocycles. The van der Waals surface area contributed by atoms with Crippen LogP contribution in [0, 0.1) is 0 Å². The zero-order valence-electron chi connectivity index (χ0n) is 14.6. The van der Waals surface area contributed by atoms with E-state index in [2.05, 4.69) is 5.10 Å². The monoisotopic (exact) mass is 531 g/mol. The number of rotatable bonds is 4. The van der Waals surface area contributed by atoms with Crippen LogP contribution in [-0.2, 0) is 13.1 Å². The molecule has 0 unspecified atom stereocenters. The van der Waals surface area contributed by atoms with Gasteiger partial charge in [0.2, 0.25) is 6.33 Å². The van der Waals surface area contributed by atoms with Gasteiger partial charge < -0.3 is 0 Å². The molecule has 30 heavy (non-hydrogen) atoms. The Hall–Kier alpha value is -1.25. The van der Waals surface area contributed by atoms with E-state index in [0.29, 0.717) is 33.2 Å². The molecular weight excluding hydrogens is 521 g/mol. The van der Waals surface area contributed by atoms with E-state index in [-0.39, 0.29) is 0 Å². The van der Waals surface area contributed by atoms with Crippen LogP contribution in [0.15, 0.2) is 49.1 Å². The third-order valence-electron chi connectivity index (χ3n) is 3.35. The van der Waals surface area contributed by atoms with Gasteiger partial charge in [0.25, 0.3) is 6.33 Å². The van der Waals surface area contributed by atoms with E-state index in [1.165, 1.54) is 0 Å². The van der Waals surface area contributed by atoms with E-state index in [4.69, 9.17) is 46.4 Å². The predicted molar refractivity (Wildman–Crippen MR) is 107 cm³/mol. The molecule has 0 N–H and O–H groups in total. The molecule has 0 bridgehead atoms. The third kappa shape index (κ3) is 10.2. The Bertz CT molecular complexity index is 978. The van der Waals surface area contributed by atoms with Gasteiger partial charge in [0, 0.05) is 36.3 Å². The van der Waals surface area contributed by atoms with E-state index in [1.807, 2.05) is 35.2 Å². The van der Waals surface area contributed by atoms with Gasteiger partial charge >= 0.3 is 33.0 Å². The van der Waals surface area contributed by atoms with Crippen molar-refractivity contribution in [2.45, 2.75) is 13.1 Å². The molecule has 14 heteroatoms. The molecule has 166 valence electrons. The van der Waals surface area contributed by atoms with Gasteiger partial charge in [-0.2, -0.15) is 0 Å². The van der Waals surface area contributed by atoms with Gasteiger partial charge in [-0.25, -0.2) is 4.57 Å². The Kier molecular flexibility index (Phi) is 6.97. The van der Waals surface area contributed by atoms with Crippen LogP contribution in [0.2, 0.25) is 20.1 Å². The summed E-state index contributed by atoms with van der Waals surface area (Å²) >= 11 is 24.2. The summed E-state index contributed by atoms with van der Waals surface area (Å²) < 4.78 is 62.9. The molecule has 0 saturated carbocycles. The summed E-state index contributed by atoms with van der Waals surface area (Å²) in [5, 5.41) is 6.84. The van der Waals surface area contributed by atoms with Crippen molar-refractivity contribution in [1.29, 1.82) is 0 Å². The summed E-state index contributed by atoms with van der Waals surface area (Å²) in [7, 11) is -10.7. The zero-order valence-corrected chi connectivity index (χ0v) is 18.5. The third-order valence-corrected chi connectivity index (χ3v) is 4.52. The van der Waals surface area contributed by atoms with Gasteiger partial charge in [0.15, 0.2) is 0 Å². The first-order chi connectivity index (χ1) is 13.5. The molecule has 3 aromatic rings. The molecule has 3 nitrogen and oxygen atoms in total. The van der Waals surface area contributed by atoms with Crippen molar-refractivity contribution in [2.24, 2.45) is 0 Å². The van der Waals surface area contributed by atoms with Gasteiger partial charge in [0.1, 0.15) is 6.54 Å². The van der Waals surface area contributed by atoms with Crippen molar-refractivity contribution >= 4 is 54.2 Å². The van der Waals surface area contributed by atoms with Crippen LogP contribution >= 0.6 is 54.2 Å². The summed E-state index contributed by atoms with van der Waals surface area (Å²) in [5.74, 6) is 0. The number of aromatic nitrogens is 3. The molecule has 0 atom stereocenters. The van der Waals surface area contributed by atoms with E-state index in [9.17, 15) is 25.2 Å². The normalized spacial score (nSPS) is 13.8. The second-order valence-electron chi connectivity index (χ2n) is 6.05. The number of halogens is 10. The summed E-state index contributed by atoms with van der Waals surface area (Å²) in [6.07, 6.45) is 3.64. The Morgan fingerprint density at radius 3 is 1.73 bits per heavy atom. The number of hydrogen-bond donors (Lipinski definition) is 0. The van der Waals surface area contributed by atoms with Gasteiger partial charge in [-0.15, -0.1) is 4.68 Å². The molecule has 0 amide bonds. The van der Waals surface area contributed by atoms with Crippen LogP contribution in [0.3, 0.4) is 0 Å². The van der Waals surface area contributed by atoms with Crippen molar-refractivity contribution < 1.29 is 29.7 Å². The van der Waals surface area contributed by atoms with Crippen molar-refractivity contribution in [3.05, 3.63) is 80.3 Å². The average molecular weight is 533 g/mol. The molecule has 0 aliphatic rings. The van der Waals surface area contributed by atoms with E-state index >= 15 is 0 Å². The van der Waals surface area contributed by atoms with E-state index in [0.717, 1.165) is 11.1 Å². The first-order valence-electron chi connectivity index (χ1n) is 7.82. The predicted octanol–water partition coefficient (Wildman–Crippen LogP) is 8.26. The Balaban J connectivity index is 0.000000396. The van der Waals surface area contributed by atoms with Crippen LogP contribution in [0.1, 0.15) is 11.1 Å². The second kappa shape index (κ2) is 8.36. The summed E-state index contributed by atoms with van der Waals surface area (Å²) in [6, 6.07) is 10.9. The van der Waals surface area contributed by atoms with E-state index in [1.54, 1.807) is 23.1 Å². The Morgan fingerprint density at radius 2 is 1.27 bits per heavy atom.